The van der Waals surface area contributed by atoms with Crippen molar-refractivity contribution in [1.82, 2.24) is 15.1 Å². The molecule has 0 aromatic carbocycles. The van der Waals surface area contributed by atoms with Crippen LogP contribution in [0, 0.1) is 0 Å². The molecule has 2 heterocycles. The van der Waals surface area contributed by atoms with Gasteiger partial charge in [0.15, 0.2) is 0 Å². The lowest BCUT2D eigenvalue weighted by molar-refractivity contribution is -0.000966. The lowest BCUT2D eigenvalue weighted by Gasteiger charge is -2.48. The van der Waals surface area contributed by atoms with Crippen molar-refractivity contribution in [2.75, 3.05) is 39.4 Å². The average Bonchev–Trinajstić information content (AvgIpc) is 2.15. The first-order valence-corrected chi connectivity index (χ1v) is 5.22. The van der Waals surface area contributed by atoms with Gasteiger partial charge in [-0.1, -0.05) is 0 Å². The van der Waals surface area contributed by atoms with E-state index in [1.165, 1.54) is 4.90 Å². The first-order chi connectivity index (χ1) is 7.22. The van der Waals surface area contributed by atoms with E-state index >= 15 is 0 Å². The first-order valence-electron chi connectivity index (χ1n) is 5.22. The molecule has 2 saturated heterocycles. The zero-order valence-electron chi connectivity index (χ0n) is 8.53. The van der Waals surface area contributed by atoms with Crippen LogP contribution in [0.2, 0.25) is 0 Å². The van der Waals surface area contributed by atoms with Gasteiger partial charge in [-0.2, -0.15) is 0 Å². The fourth-order valence-electron chi connectivity index (χ4n) is 2.22. The lowest BCUT2D eigenvalue weighted by Crippen LogP contribution is -2.67. The minimum absolute atomic E-state index is 0.0836. The summed E-state index contributed by atoms with van der Waals surface area (Å²) in [4.78, 5) is 14.0. The minimum atomic E-state index is -0.877. The smallest absolute Gasteiger partial charge is 0.407 e. The molecule has 2 aliphatic heterocycles. The summed E-state index contributed by atoms with van der Waals surface area (Å²) >= 11 is 0. The molecular formula is C9H16FN3O2. The van der Waals surface area contributed by atoms with Gasteiger partial charge in [0, 0.05) is 38.8 Å². The third-order valence-electron chi connectivity index (χ3n) is 3.18. The molecule has 1 atom stereocenters. The number of hydrogen-bond acceptors (Lipinski definition) is 3. The largest absolute Gasteiger partial charge is 0.465 e. The van der Waals surface area contributed by atoms with Crippen LogP contribution in [0.15, 0.2) is 0 Å². The number of amides is 1. The summed E-state index contributed by atoms with van der Waals surface area (Å²) in [5.41, 5.74) is 0. The molecule has 6 heteroatoms. The molecule has 0 aliphatic carbocycles. The molecule has 2 N–H and O–H groups in total. The van der Waals surface area contributed by atoms with Crippen LogP contribution in [0.5, 0.6) is 0 Å². The molecule has 15 heavy (non-hydrogen) atoms. The highest BCUT2D eigenvalue weighted by Gasteiger charge is 2.38. The lowest BCUT2D eigenvalue weighted by atomic mass is 10.0. The summed E-state index contributed by atoms with van der Waals surface area (Å²) in [5.74, 6) is 0. The molecule has 2 rings (SSSR count). The van der Waals surface area contributed by atoms with Gasteiger partial charge in [-0.25, -0.2) is 9.18 Å². The van der Waals surface area contributed by atoms with Crippen LogP contribution in [0.25, 0.3) is 0 Å². The van der Waals surface area contributed by atoms with Gasteiger partial charge < -0.3 is 15.3 Å². The zero-order chi connectivity index (χ0) is 10.8. The van der Waals surface area contributed by atoms with Crippen molar-refractivity contribution in [2.45, 2.75) is 12.1 Å². The maximum Gasteiger partial charge on any atom is 0.407 e. The average molecular weight is 217 g/mol. The van der Waals surface area contributed by atoms with E-state index < -0.39 is 6.09 Å². The first kappa shape index (κ1) is 10.6. The Morgan fingerprint density at radius 1 is 1.53 bits per heavy atom. The predicted octanol–water partition coefficient (Wildman–Crippen LogP) is -0.408. The number of likely N-dealkylation sites (tertiary alicyclic amines) is 1. The number of halogens is 1. The van der Waals surface area contributed by atoms with E-state index in [2.05, 4.69) is 10.2 Å². The Hall–Kier alpha value is -0.880. The molecule has 0 saturated carbocycles. The second-order valence-electron chi connectivity index (χ2n) is 4.09. The molecule has 0 spiro atoms. The maximum absolute atomic E-state index is 12.7. The summed E-state index contributed by atoms with van der Waals surface area (Å²) < 4.78 is 12.7. The SMILES string of the molecule is O=C(O)N1CC(N2CCNC[C@@H]2CF)C1. The molecule has 1 amide bonds. The highest BCUT2D eigenvalue weighted by atomic mass is 19.1. The maximum atomic E-state index is 12.7. The van der Waals surface area contributed by atoms with Crippen molar-refractivity contribution >= 4 is 6.09 Å². The Morgan fingerprint density at radius 2 is 2.27 bits per heavy atom. The third kappa shape index (κ3) is 2.05. The van der Waals surface area contributed by atoms with Crippen molar-refractivity contribution < 1.29 is 14.3 Å². The molecule has 0 aromatic heterocycles. The van der Waals surface area contributed by atoms with E-state index in [4.69, 9.17) is 5.11 Å². The van der Waals surface area contributed by atoms with Crippen molar-refractivity contribution in [3.63, 3.8) is 0 Å². The topological polar surface area (TPSA) is 55.8 Å². The van der Waals surface area contributed by atoms with Crippen LogP contribution in [0.3, 0.4) is 0 Å². The number of alkyl halides is 1. The Kier molecular flexibility index (Phi) is 3.06. The fraction of sp³-hybridized carbons (Fsp3) is 0.889. The monoisotopic (exact) mass is 217 g/mol. The molecule has 2 fully saturated rings. The van der Waals surface area contributed by atoms with Gasteiger partial charge >= 0.3 is 6.09 Å². The van der Waals surface area contributed by atoms with Gasteiger partial charge in [0.1, 0.15) is 6.67 Å². The Morgan fingerprint density at radius 3 is 2.87 bits per heavy atom. The van der Waals surface area contributed by atoms with E-state index in [0.717, 1.165) is 13.1 Å². The number of carbonyl (C=O) groups is 1. The second kappa shape index (κ2) is 4.32. The van der Waals surface area contributed by atoms with Crippen LogP contribution in [0.4, 0.5) is 9.18 Å². The van der Waals surface area contributed by atoms with E-state index in [0.29, 0.717) is 19.6 Å². The van der Waals surface area contributed by atoms with Crippen LogP contribution in [-0.4, -0.2) is 72.5 Å². The van der Waals surface area contributed by atoms with E-state index in [1.54, 1.807) is 0 Å². The summed E-state index contributed by atoms with van der Waals surface area (Å²) in [6.45, 7) is 3.01. The van der Waals surface area contributed by atoms with Crippen molar-refractivity contribution in [3.05, 3.63) is 0 Å². The van der Waals surface area contributed by atoms with Crippen molar-refractivity contribution in [1.29, 1.82) is 0 Å². The van der Waals surface area contributed by atoms with Gasteiger partial charge in [0.05, 0.1) is 6.04 Å². The quantitative estimate of drug-likeness (QED) is 0.660. The Labute approximate surface area is 87.8 Å². The minimum Gasteiger partial charge on any atom is -0.465 e. The normalized spacial score (nSPS) is 28.9. The number of nitrogens with zero attached hydrogens (tertiary/aromatic N) is 2. The number of piperazine rings is 1. The summed E-state index contributed by atoms with van der Waals surface area (Å²) in [6, 6.07) is 0.128. The van der Waals surface area contributed by atoms with Crippen LogP contribution >= 0.6 is 0 Å². The highest BCUT2D eigenvalue weighted by Crippen LogP contribution is 2.18. The summed E-state index contributed by atoms with van der Waals surface area (Å²) in [7, 11) is 0. The summed E-state index contributed by atoms with van der Waals surface area (Å²) in [6.07, 6.45) is -0.877. The molecule has 0 aromatic rings. The van der Waals surface area contributed by atoms with Gasteiger partial charge in [-0.3, -0.25) is 4.90 Å². The van der Waals surface area contributed by atoms with Gasteiger partial charge in [0.2, 0.25) is 0 Å². The van der Waals surface area contributed by atoms with Gasteiger partial charge in [-0.15, -0.1) is 0 Å². The third-order valence-corrected chi connectivity index (χ3v) is 3.18. The number of hydrogen-bond donors (Lipinski definition) is 2. The molecule has 86 valence electrons. The standard InChI is InChI=1S/C9H16FN3O2/c10-3-7-4-11-1-2-13(7)8-5-12(6-8)9(14)15/h7-8,11H,1-6H2,(H,14,15)/t7-/m0/s1. The van der Waals surface area contributed by atoms with Crippen LogP contribution in [0.1, 0.15) is 0 Å². The molecule has 0 unspecified atom stereocenters. The van der Waals surface area contributed by atoms with Gasteiger partial charge in [-0.05, 0) is 0 Å². The highest BCUT2D eigenvalue weighted by molar-refractivity contribution is 5.66. The number of carboxylic acid groups (broad SMARTS) is 1. The van der Waals surface area contributed by atoms with Crippen LogP contribution < -0.4 is 5.32 Å². The predicted molar refractivity (Wildman–Crippen MR) is 52.7 cm³/mol. The van der Waals surface area contributed by atoms with Crippen LogP contribution in [-0.2, 0) is 0 Å². The van der Waals surface area contributed by atoms with E-state index in [9.17, 15) is 9.18 Å². The van der Waals surface area contributed by atoms with Crippen molar-refractivity contribution in [3.8, 4) is 0 Å². The Balaban J connectivity index is 1.85. The molecular weight excluding hydrogens is 201 g/mol. The fourth-order valence-corrected chi connectivity index (χ4v) is 2.22. The molecule has 5 nitrogen and oxygen atoms in total. The zero-order valence-corrected chi connectivity index (χ0v) is 8.53. The summed E-state index contributed by atoms with van der Waals surface area (Å²) in [5, 5.41) is 11.8. The second-order valence-corrected chi connectivity index (χ2v) is 4.09. The van der Waals surface area contributed by atoms with E-state index in [1.807, 2.05) is 0 Å². The Bertz CT molecular complexity index is 246. The molecule has 0 radical (unpaired) electrons. The van der Waals surface area contributed by atoms with Crippen molar-refractivity contribution in [2.24, 2.45) is 0 Å². The molecule has 2 aliphatic rings. The number of nitrogens with one attached hydrogen (secondary N) is 1. The van der Waals surface area contributed by atoms with Gasteiger partial charge in [0.25, 0.3) is 0 Å². The van der Waals surface area contributed by atoms with E-state index in [-0.39, 0.29) is 18.8 Å². The molecule has 0 bridgehead atoms. The number of rotatable bonds is 2.